The molecule has 0 aliphatic heterocycles. The lowest BCUT2D eigenvalue weighted by atomic mass is 10.2. The lowest BCUT2D eigenvalue weighted by molar-refractivity contribution is -0.121. The van der Waals surface area contributed by atoms with Gasteiger partial charge in [0.25, 0.3) is 5.91 Å². The number of nitrogens with zero attached hydrogens (tertiary/aromatic N) is 1. The molecule has 1 aromatic heterocycles. The molecule has 0 saturated heterocycles. The number of hydrogen-bond acceptors (Lipinski definition) is 4. The molecular formula is C18H22FN3O2S. The summed E-state index contributed by atoms with van der Waals surface area (Å²) in [4.78, 5) is 29.6. The zero-order valence-electron chi connectivity index (χ0n) is 14.6. The van der Waals surface area contributed by atoms with E-state index < -0.39 is 11.7 Å². The van der Waals surface area contributed by atoms with E-state index in [1.807, 2.05) is 20.8 Å². The van der Waals surface area contributed by atoms with Crippen molar-refractivity contribution in [1.82, 2.24) is 15.6 Å². The summed E-state index contributed by atoms with van der Waals surface area (Å²) in [5.74, 6) is -1.28. The van der Waals surface area contributed by atoms with Crippen molar-refractivity contribution >= 4 is 23.2 Å². The van der Waals surface area contributed by atoms with Gasteiger partial charge < -0.3 is 10.6 Å². The standard InChI is InChI=1S/C18H22FN3O2S/c1-4-15(18-21-11(2)12(3)25-18)22-16(23)9-10-20-17(24)13-7-5-6-8-14(13)19/h5-8,15H,4,9-10H2,1-3H3,(H,20,24)(H,22,23)/t15-/m1/s1. The summed E-state index contributed by atoms with van der Waals surface area (Å²) < 4.78 is 13.5. The number of aromatic nitrogens is 1. The lowest BCUT2D eigenvalue weighted by Crippen LogP contribution is -2.33. The van der Waals surface area contributed by atoms with Gasteiger partial charge in [-0.1, -0.05) is 19.1 Å². The number of carbonyl (C=O) groups is 2. The van der Waals surface area contributed by atoms with Crippen molar-refractivity contribution in [2.75, 3.05) is 6.54 Å². The first-order valence-corrected chi connectivity index (χ1v) is 9.00. The van der Waals surface area contributed by atoms with Crippen LogP contribution in [0.5, 0.6) is 0 Å². The van der Waals surface area contributed by atoms with Crippen molar-refractivity contribution in [3.05, 3.63) is 51.2 Å². The lowest BCUT2D eigenvalue weighted by Gasteiger charge is -2.14. The van der Waals surface area contributed by atoms with E-state index >= 15 is 0 Å². The van der Waals surface area contributed by atoms with E-state index in [9.17, 15) is 14.0 Å². The van der Waals surface area contributed by atoms with Gasteiger partial charge in [0, 0.05) is 17.8 Å². The highest BCUT2D eigenvalue weighted by atomic mass is 32.1. The summed E-state index contributed by atoms with van der Waals surface area (Å²) in [6, 6.07) is 5.62. The van der Waals surface area contributed by atoms with Crippen LogP contribution in [0, 0.1) is 19.7 Å². The molecular weight excluding hydrogens is 341 g/mol. The fourth-order valence-electron chi connectivity index (χ4n) is 2.28. The van der Waals surface area contributed by atoms with E-state index in [1.54, 1.807) is 17.4 Å². The fraction of sp³-hybridized carbons (Fsp3) is 0.389. The first kappa shape index (κ1) is 19.1. The molecule has 0 aliphatic carbocycles. The maximum Gasteiger partial charge on any atom is 0.254 e. The minimum atomic E-state index is -0.579. The monoisotopic (exact) mass is 363 g/mol. The number of carbonyl (C=O) groups excluding carboxylic acids is 2. The van der Waals surface area contributed by atoms with Crippen LogP contribution in [-0.4, -0.2) is 23.3 Å². The third-order valence-electron chi connectivity index (χ3n) is 3.84. The Balaban J connectivity index is 1.83. The zero-order chi connectivity index (χ0) is 18.4. The van der Waals surface area contributed by atoms with Gasteiger partial charge in [0.2, 0.25) is 5.91 Å². The molecule has 2 aromatic rings. The van der Waals surface area contributed by atoms with Crippen molar-refractivity contribution in [1.29, 1.82) is 0 Å². The second-order valence-electron chi connectivity index (χ2n) is 5.71. The van der Waals surface area contributed by atoms with E-state index in [4.69, 9.17) is 0 Å². The van der Waals surface area contributed by atoms with Crippen molar-refractivity contribution < 1.29 is 14.0 Å². The third-order valence-corrected chi connectivity index (χ3v) is 5.03. The minimum Gasteiger partial charge on any atom is -0.351 e. The highest BCUT2D eigenvalue weighted by molar-refractivity contribution is 7.11. The Hall–Kier alpha value is -2.28. The van der Waals surface area contributed by atoms with Gasteiger partial charge in [-0.15, -0.1) is 11.3 Å². The van der Waals surface area contributed by atoms with Crippen molar-refractivity contribution in [2.45, 2.75) is 39.7 Å². The summed E-state index contributed by atoms with van der Waals surface area (Å²) in [7, 11) is 0. The van der Waals surface area contributed by atoms with Crippen LogP contribution in [0.1, 0.15) is 51.7 Å². The number of nitrogens with one attached hydrogen (secondary N) is 2. The van der Waals surface area contributed by atoms with Crippen LogP contribution < -0.4 is 10.6 Å². The van der Waals surface area contributed by atoms with Crippen LogP contribution in [0.2, 0.25) is 0 Å². The van der Waals surface area contributed by atoms with Crippen LogP contribution >= 0.6 is 11.3 Å². The Morgan fingerprint density at radius 2 is 2.00 bits per heavy atom. The molecule has 0 bridgehead atoms. The summed E-state index contributed by atoms with van der Waals surface area (Å²) in [6.45, 7) is 6.08. The zero-order valence-corrected chi connectivity index (χ0v) is 15.4. The molecule has 1 atom stereocenters. The van der Waals surface area contributed by atoms with E-state index in [0.717, 1.165) is 22.0 Å². The van der Waals surface area contributed by atoms with Crippen molar-refractivity contribution in [2.24, 2.45) is 0 Å². The average Bonchev–Trinajstić information content (AvgIpc) is 2.91. The summed E-state index contributed by atoms with van der Waals surface area (Å²) >= 11 is 1.58. The van der Waals surface area contributed by atoms with Gasteiger partial charge >= 0.3 is 0 Å². The normalized spacial score (nSPS) is 11.8. The number of amides is 2. The Bertz CT molecular complexity index is 741. The molecule has 0 unspecified atom stereocenters. The third kappa shape index (κ3) is 5.09. The fourth-order valence-corrected chi connectivity index (χ4v) is 3.34. The molecule has 0 saturated carbocycles. The summed E-state index contributed by atoms with van der Waals surface area (Å²) in [5, 5.41) is 6.38. The van der Waals surface area contributed by atoms with E-state index in [-0.39, 0.29) is 30.5 Å². The molecule has 7 heteroatoms. The number of thiazole rings is 1. The van der Waals surface area contributed by atoms with Crippen molar-refractivity contribution in [3.63, 3.8) is 0 Å². The van der Waals surface area contributed by atoms with Gasteiger partial charge in [0.1, 0.15) is 10.8 Å². The Morgan fingerprint density at radius 1 is 1.28 bits per heavy atom. The summed E-state index contributed by atoms with van der Waals surface area (Å²) in [6.07, 6.45) is 0.861. The number of rotatable bonds is 7. The molecule has 2 rings (SSSR count). The van der Waals surface area contributed by atoms with E-state index in [1.165, 1.54) is 18.2 Å². The Morgan fingerprint density at radius 3 is 2.60 bits per heavy atom. The SMILES string of the molecule is CC[C@@H](NC(=O)CCNC(=O)c1ccccc1F)c1nc(C)c(C)s1. The Labute approximate surface area is 150 Å². The molecule has 0 aliphatic rings. The number of hydrogen-bond donors (Lipinski definition) is 2. The van der Waals surface area contributed by atoms with Crippen LogP contribution in [-0.2, 0) is 4.79 Å². The van der Waals surface area contributed by atoms with Gasteiger partial charge in [-0.2, -0.15) is 0 Å². The molecule has 1 heterocycles. The number of halogens is 1. The van der Waals surface area contributed by atoms with E-state index in [0.29, 0.717) is 0 Å². The number of benzene rings is 1. The number of aryl methyl sites for hydroxylation is 2. The predicted octanol–water partition coefficient (Wildman–Crippen LogP) is 3.29. The van der Waals surface area contributed by atoms with Crippen LogP contribution in [0.3, 0.4) is 0 Å². The molecule has 0 spiro atoms. The maximum atomic E-state index is 13.5. The van der Waals surface area contributed by atoms with Gasteiger partial charge in [-0.05, 0) is 32.4 Å². The smallest absolute Gasteiger partial charge is 0.254 e. The summed E-state index contributed by atoms with van der Waals surface area (Å²) in [5.41, 5.74) is 0.952. The Kier molecular flexibility index (Phi) is 6.64. The largest absolute Gasteiger partial charge is 0.351 e. The van der Waals surface area contributed by atoms with Crippen molar-refractivity contribution in [3.8, 4) is 0 Å². The highest BCUT2D eigenvalue weighted by Gasteiger charge is 2.17. The second kappa shape index (κ2) is 8.71. The molecule has 1 aromatic carbocycles. The molecule has 2 amide bonds. The highest BCUT2D eigenvalue weighted by Crippen LogP contribution is 2.24. The first-order chi connectivity index (χ1) is 11.9. The molecule has 0 radical (unpaired) electrons. The molecule has 5 nitrogen and oxygen atoms in total. The van der Waals surface area contributed by atoms with Crippen LogP contribution in [0.4, 0.5) is 4.39 Å². The predicted molar refractivity (Wildman–Crippen MR) is 96.1 cm³/mol. The minimum absolute atomic E-state index is 0.0249. The van der Waals surface area contributed by atoms with Crippen LogP contribution in [0.15, 0.2) is 24.3 Å². The van der Waals surface area contributed by atoms with E-state index in [2.05, 4.69) is 15.6 Å². The average molecular weight is 363 g/mol. The molecule has 0 fully saturated rings. The van der Waals surface area contributed by atoms with Gasteiger partial charge in [-0.3, -0.25) is 9.59 Å². The first-order valence-electron chi connectivity index (χ1n) is 8.18. The maximum absolute atomic E-state index is 13.5. The molecule has 2 N–H and O–H groups in total. The molecule has 134 valence electrons. The molecule has 25 heavy (non-hydrogen) atoms. The van der Waals surface area contributed by atoms with Gasteiger partial charge in [-0.25, -0.2) is 9.37 Å². The topological polar surface area (TPSA) is 71.1 Å². The van der Waals surface area contributed by atoms with Gasteiger partial charge in [0.05, 0.1) is 17.3 Å². The second-order valence-corrected chi connectivity index (χ2v) is 6.94. The quantitative estimate of drug-likeness (QED) is 0.793. The van der Waals surface area contributed by atoms with Gasteiger partial charge in [0.15, 0.2) is 0 Å². The van der Waals surface area contributed by atoms with Crippen LogP contribution in [0.25, 0.3) is 0 Å².